The molecule has 2 N–H and O–H groups in total. The van der Waals surface area contributed by atoms with Crippen LogP contribution in [0.5, 0.6) is 0 Å². The van der Waals surface area contributed by atoms with Crippen LogP contribution in [0.25, 0.3) is 0 Å². The number of aromatic nitrogens is 2. The van der Waals surface area contributed by atoms with Gasteiger partial charge in [0.15, 0.2) is 5.82 Å². The summed E-state index contributed by atoms with van der Waals surface area (Å²) < 4.78 is 5.16. The summed E-state index contributed by atoms with van der Waals surface area (Å²) in [7, 11) is 0. The minimum atomic E-state index is -0.117. The van der Waals surface area contributed by atoms with Crippen LogP contribution in [-0.4, -0.2) is 10.1 Å². The van der Waals surface area contributed by atoms with Crippen molar-refractivity contribution in [2.75, 3.05) is 0 Å². The quantitative estimate of drug-likeness (QED) is 0.831. The van der Waals surface area contributed by atoms with Gasteiger partial charge >= 0.3 is 0 Å². The van der Waals surface area contributed by atoms with Gasteiger partial charge in [0.05, 0.1) is 6.04 Å². The Morgan fingerprint density at radius 2 is 2.07 bits per heavy atom. The van der Waals surface area contributed by atoms with Gasteiger partial charge in [0, 0.05) is 5.41 Å². The smallest absolute Gasteiger partial charge is 0.243 e. The summed E-state index contributed by atoms with van der Waals surface area (Å²) in [6, 6.07) is -0.117. The lowest BCUT2D eigenvalue weighted by Gasteiger charge is -2.11. The molecule has 0 radical (unpaired) electrons. The number of rotatable bonds is 4. The maximum atomic E-state index is 5.94. The summed E-state index contributed by atoms with van der Waals surface area (Å²) >= 11 is 0. The highest BCUT2D eigenvalue weighted by atomic mass is 16.5. The van der Waals surface area contributed by atoms with E-state index >= 15 is 0 Å². The Balaban J connectivity index is 2.67. The zero-order chi connectivity index (χ0) is 11.5. The van der Waals surface area contributed by atoms with E-state index in [9.17, 15) is 0 Å². The molecule has 0 fully saturated rings. The Bertz CT molecular complexity index is 301. The Morgan fingerprint density at radius 1 is 1.40 bits per heavy atom. The minimum Gasteiger partial charge on any atom is -0.338 e. The van der Waals surface area contributed by atoms with Crippen LogP contribution in [0.4, 0.5) is 0 Å². The van der Waals surface area contributed by atoms with Crippen molar-refractivity contribution in [1.29, 1.82) is 0 Å². The summed E-state index contributed by atoms with van der Waals surface area (Å²) in [5.74, 6) is 1.29. The van der Waals surface area contributed by atoms with Crippen LogP contribution >= 0.6 is 0 Å². The van der Waals surface area contributed by atoms with Crippen LogP contribution in [0, 0.1) is 0 Å². The van der Waals surface area contributed by atoms with E-state index < -0.39 is 0 Å². The Labute approximate surface area is 91.2 Å². The molecule has 0 bridgehead atoms. The largest absolute Gasteiger partial charge is 0.338 e. The second kappa shape index (κ2) is 4.75. The molecular formula is C11H21N3O. The van der Waals surface area contributed by atoms with Crippen molar-refractivity contribution in [3.05, 3.63) is 11.7 Å². The number of nitrogens with two attached hydrogens (primary N) is 1. The van der Waals surface area contributed by atoms with Crippen molar-refractivity contribution in [2.24, 2.45) is 5.73 Å². The van der Waals surface area contributed by atoms with Gasteiger partial charge in [-0.15, -0.1) is 0 Å². The Morgan fingerprint density at radius 3 is 2.53 bits per heavy atom. The fourth-order valence-corrected chi connectivity index (χ4v) is 1.24. The zero-order valence-corrected chi connectivity index (χ0v) is 10.1. The first-order valence-electron chi connectivity index (χ1n) is 5.54. The lowest BCUT2D eigenvalue weighted by Crippen LogP contribution is -2.15. The van der Waals surface area contributed by atoms with Crippen molar-refractivity contribution < 1.29 is 4.52 Å². The molecule has 1 atom stereocenters. The van der Waals surface area contributed by atoms with E-state index in [0.717, 1.165) is 25.1 Å². The van der Waals surface area contributed by atoms with Crippen molar-refractivity contribution in [3.63, 3.8) is 0 Å². The fourth-order valence-electron chi connectivity index (χ4n) is 1.24. The molecule has 1 aromatic rings. The highest BCUT2D eigenvalue weighted by Gasteiger charge is 2.22. The first-order chi connectivity index (χ1) is 6.95. The first kappa shape index (κ1) is 12.2. The third-order valence-corrected chi connectivity index (χ3v) is 2.30. The van der Waals surface area contributed by atoms with E-state index in [0.29, 0.717) is 5.89 Å². The van der Waals surface area contributed by atoms with Crippen molar-refractivity contribution in [3.8, 4) is 0 Å². The van der Waals surface area contributed by atoms with Crippen LogP contribution in [0.3, 0.4) is 0 Å². The molecule has 0 amide bonds. The van der Waals surface area contributed by atoms with Crippen LogP contribution in [0.2, 0.25) is 0 Å². The molecule has 0 saturated heterocycles. The summed E-state index contributed by atoms with van der Waals surface area (Å²) in [5.41, 5.74) is 5.86. The predicted molar refractivity (Wildman–Crippen MR) is 59.5 cm³/mol. The first-order valence-corrected chi connectivity index (χ1v) is 5.54. The molecule has 4 heteroatoms. The lowest BCUT2D eigenvalue weighted by atomic mass is 9.96. The molecule has 0 aromatic carbocycles. The fraction of sp³-hybridized carbons (Fsp3) is 0.818. The summed E-state index contributed by atoms with van der Waals surface area (Å²) in [6.45, 7) is 8.30. The topological polar surface area (TPSA) is 64.9 Å². The number of hydrogen-bond acceptors (Lipinski definition) is 4. The normalized spacial score (nSPS) is 14.2. The van der Waals surface area contributed by atoms with Crippen LogP contribution in [-0.2, 0) is 5.41 Å². The van der Waals surface area contributed by atoms with Gasteiger partial charge in [-0.3, -0.25) is 0 Å². The zero-order valence-electron chi connectivity index (χ0n) is 10.1. The van der Waals surface area contributed by atoms with E-state index in [-0.39, 0.29) is 11.5 Å². The molecule has 1 rings (SSSR count). The summed E-state index contributed by atoms with van der Waals surface area (Å²) in [6.07, 6.45) is 3.13. The van der Waals surface area contributed by atoms with Crippen molar-refractivity contribution >= 4 is 0 Å². The SMILES string of the molecule is CCCC[C@H](N)c1nc(C(C)(C)C)no1. The van der Waals surface area contributed by atoms with E-state index in [4.69, 9.17) is 10.3 Å². The average Bonchev–Trinajstić information content (AvgIpc) is 2.62. The average molecular weight is 211 g/mol. The highest BCUT2D eigenvalue weighted by molar-refractivity contribution is 5.01. The van der Waals surface area contributed by atoms with Crippen LogP contribution < -0.4 is 5.73 Å². The molecule has 0 aliphatic heterocycles. The minimum absolute atomic E-state index is 0.0772. The van der Waals surface area contributed by atoms with Crippen LogP contribution in [0.15, 0.2) is 4.52 Å². The third-order valence-electron chi connectivity index (χ3n) is 2.30. The molecular weight excluding hydrogens is 190 g/mol. The molecule has 0 unspecified atom stereocenters. The Kier molecular flexibility index (Phi) is 3.85. The molecule has 1 heterocycles. The highest BCUT2D eigenvalue weighted by Crippen LogP contribution is 2.21. The molecule has 1 aromatic heterocycles. The molecule has 15 heavy (non-hydrogen) atoms. The van der Waals surface area contributed by atoms with Crippen molar-refractivity contribution in [2.45, 2.75) is 58.4 Å². The standard InChI is InChI=1S/C11H21N3O/c1-5-6-7-8(12)9-13-10(14-15-9)11(2,3)4/h8H,5-7,12H2,1-4H3/t8-/m0/s1. The molecule has 0 spiro atoms. The molecule has 4 nitrogen and oxygen atoms in total. The second-order valence-electron chi connectivity index (χ2n) is 4.95. The van der Waals surface area contributed by atoms with Gasteiger partial charge in [0.2, 0.25) is 5.89 Å². The molecule has 0 aliphatic carbocycles. The van der Waals surface area contributed by atoms with Crippen molar-refractivity contribution in [1.82, 2.24) is 10.1 Å². The van der Waals surface area contributed by atoms with E-state index in [1.165, 1.54) is 0 Å². The molecule has 0 aliphatic rings. The number of nitrogens with zero attached hydrogens (tertiary/aromatic N) is 2. The summed E-state index contributed by atoms with van der Waals surface area (Å²) in [5, 5.41) is 3.95. The predicted octanol–water partition coefficient (Wildman–Crippen LogP) is 2.56. The number of unbranched alkanes of at least 4 members (excludes halogenated alkanes) is 1. The van der Waals surface area contributed by atoms with Gasteiger partial charge < -0.3 is 10.3 Å². The Hall–Kier alpha value is -0.900. The van der Waals surface area contributed by atoms with Gasteiger partial charge in [-0.25, -0.2) is 0 Å². The molecule has 86 valence electrons. The number of hydrogen-bond donors (Lipinski definition) is 1. The van der Waals surface area contributed by atoms with E-state index in [1.54, 1.807) is 0 Å². The third kappa shape index (κ3) is 3.30. The van der Waals surface area contributed by atoms with Gasteiger partial charge in [-0.05, 0) is 6.42 Å². The summed E-state index contributed by atoms with van der Waals surface area (Å²) in [4.78, 5) is 4.33. The van der Waals surface area contributed by atoms with Gasteiger partial charge in [-0.2, -0.15) is 4.98 Å². The lowest BCUT2D eigenvalue weighted by molar-refractivity contribution is 0.337. The van der Waals surface area contributed by atoms with E-state index in [2.05, 4.69) is 37.8 Å². The maximum absolute atomic E-state index is 5.94. The van der Waals surface area contributed by atoms with Gasteiger partial charge in [0.25, 0.3) is 0 Å². The monoisotopic (exact) mass is 211 g/mol. The van der Waals surface area contributed by atoms with Gasteiger partial charge in [0.1, 0.15) is 0 Å². The maximum Gasteiger partial charge on any atom is 0.243 e. The second-order valence-corrected chi connectivity index (χ2v) is 4.95. The van der Waals surface area contributed by atoms with Crippen LogP contribution in [0.1, 0.15) is 64.7 Å². The van der Waals surface area contributed by atoms with E-state index in [1.807, 2.05) is 0 Å². The molecule has 0 saturated carbocycles. The van der Waals surface area contributed by atoms with Gasteiger partial charge in [-0.1, -0.05) is 45.7 Å².